The number of hydrogen-bond acceptors (Lipinski definition) is 5. The molecular weight excluding hydrogens is 342 g/mol. The van der Waals surface area contributed by atoms with Crippen molar-refractivity contribution in [2.45, 2.75) is 31.7 Å². The molecule has 1 aliphatic rings. The van der Waals surface area contributed by atoms with E-state index in [1.165, 1.54) is 0 Å². The summed E-state index contributed by atoms with van der Waals surface area (Å²) in [4.78, 5) is 29.1. The zero-order valence-electron chi connectivity index (χ0n) is 14.8. The standard InChI is InChI=1S/C17H27N3O2S2/c1-12(2)9-14(16(22)18-6-7-19(3)4)20-15(21)11-24-17(20)13-5-8-23-10-13/h5,8,10,12,14,17H,6-7,9,11H2,1-4H3,(H,18,22)/t14-,17+/m0/s1. The molecule has 1 aromatic heterocycles. The van der Waals surface area contributed by atoms with Crippen LogP contribution in [0.4, 0.5) is 0 Å². The predicted octanol–water partition coefficient (Wildman–Crippen LogP) is 2.41. The van der Waals surface area contributed by atoms with E-state index in [9.17, 15) is 9.59 Å². The van der Waals surface area contributed by atoms with Crippen LogP contribution < -0.4 is 5.32 Å². The van der Waals surface area contributed by atoms with Gasteiger partial charge in [-0.2, -0.15) is 11.3 Å². The van der Waals surface area contributed by atoms with Gasteiger partial charge in [0.15, 0.2) is 0 Å². The van der Waals surface area contributed by atoms with Crippen molar-refractivity contribution in [2.75, 3.05) is 32.9 Å². The van der Waals surface area contributed by atoms with Crippen LogP contribution in [0.3, 0.4) is 0 Å². The number of thioether (sulfide) groups is 1. The van der Waals surface area contributed by atoms with Crippen LogP contribution in [0.15, 0.2) is 16.8 Å². The maximum absolute atomic E-state index is 12.8. The molecule has 24 heavy (non-hydrogen) atoms. The van der Waals surface area contributed by atoms with Gasteiger partial charge >= 0.3 is 0 Å². The summed E-state index contributed by atoms with van der Waals surface area (Å²) in [5.41, 5.74) is 1.12. The fourth-order valence-electron chi connectivity index (χ4n) is 2.76. The highest BCUT2D eigenvalue weighted by Crippen LogP contribution is 2.41. The number of nitrogens with one attached hydrogen (secondary N) is 1. The van der Waals surface area contributed by atoms with Crippen molar-refractivity contribution in [2.24, 2.45) is 5.92 Å². The quantitative estimate of drug-likeness (QED) is 0.765. The van der Waals surface area contributed by atoms with Crippen LogP contribution >= 0.6 is 23.1 Å². The summed E-state index contributed by atoms with van der Waals surface area (Å²) < 4.78 is 0. The second-order valence-electron chi connectivity index (χ2n) is 6.76. The van der Waals surface area contributed by atoms with Crippen LogP contribution in [0.5, 0.6) is 0 Å². The van der Waals surface area contributed by atoms with Gasteiger partial charge in [0.25, 0.3) is 0 Å². The molecular formula is C17H27N3O2S2. The minimum atomic E-state index is -0.403. The Bertz CT molecular complexity index is 546. The van der Waals surface area contributed by atoms with Crippen LogP contribution in [-0.2, 0) is 9.59 Å². The maximum atomic E-state index is 12.8. The summed E-state index contributed by atoms with van der Waals surface area (Å²) in [5.74, 6) is 0.808. The van der Waals surface area contributed by atoms with Gasteiger partial charge < -0.3 is 15.1 Å². The fraction of sp³-hybridized carbons (Fsp3) is 0.647. The number of rotatable bonds is 8. The normalized spacial score (nSPS) is 19.3. The topological polar surface area (TPSA) is 52.7 Å². The number of thiophene rings is 1. The zero-order valence-corrected chi connectivity index (χ0v) is 16.5. The number of carbonyl (C=O) groups is 2. The molecule has 0 unspecified atom stereocenters. The average Bonchev–Trinajstić information content (AvgIpc) is 3.13. The summed E-state index contributed by atoms with van der Waals surface area (Å²) in [5, 5.41) is 7.04. The highest BCUT2D eigenvalue weighted by molar-refractivity contribution is 8.00. The SMILES string of the molecule is CC(C)C[C@@H](C(=O)NCCN(C)C)N1C(=O)CS[C@@H]1c1ccsc1. The van der Waals surface area contributed by atoms with Gasteiger partial charge in [0.2, 0.25) is 11.8 Å². The fourth-order valence-corrected chi connectivity index (χ4v) is 4.74. The molecule has 1 aliphatic heterocycles. The lowest BCUT2D eigenvalue weighted by Crippen LogP contribution is -2.50. The molecule has 1 fully saturated rings. The Morgan fingerprint density at radius 1 is 1.46 bits per heavy atom. The van der Waals surface area contributed by atoms with E-state index < -0.39 is 6.04 Å². The number of nitrogens with zero attached hydrogens (tertiary/aromatic N) is 2. The Morgan fingerprint density at radius 2 is 2.21 bits per heavy atom. The molecule has 0 radical (unpaired) electrons. The third-order valence-electron chi connectivity index (χ3n) is 3.92. The van der Waals surface area contributed by atoms with Gasteiger partial charge in [-0.1, -0.05) is 13.8 Å². The van der Waals surface area contributed by atoms with Crippen LogP contribution in [0.2, 0.25) is 0 Å². The van der Waals surface area contributed by atoms with Gasteiger partial charge in [-0.3, -0.25) is 9.59 Å². The maximum Gasteiger partial charge on any atom is 0.242 e. The number of hydrogen-bond donors (Lipinski definition) is 1. The Hall–Kier alpha value is -1.05. The molecule has 2 atom stereocenters. The smallest absolute Gasteiger partial charge is 0.242 e. The lowest BCUT2D eigenvalue weighted by Gasteiger charge is -2.32. The molecule has 2 amide bonds. The van der Waals surface area contributed by atoms with Gasteiger partial charge in [-0.15, -0.1) is 11.8 Å². The van der Waals surface area contributed by atoms with Crippen LogP contribution in [0.1, 0.15) is 31.2 Å². The van der Waals surface area contributed by atoms with E-state index in [0.717, 1.165) is 12.1 Å². The van der Waals surface area contributed by atoms with Crippen molar-refractivity contribution in [3.63, 3.8) is 0 Å². The first kappa shape index (κ1) is 19.3. The molecule has 1 N–H and O–H groups in total. The Labute approximate surface area is 152 Å². The van der Waals surface area contributed by atoms with Crippen LogP contribution in [0, 0.1) is 5.92 Å². The molecule has 7 heteroatoms. The van der Waals surface area contributed by atoms with Crippen molar-refractivity contribution < 1.29 is 9.59 Å². The van der Waals surface area contributed by atoms with E-state index in [2.05, 4.69) is 24.5 Å². The summed E-state index contributed by atoms with van der Waals surface area (Å²) in [6.45, 7) is 5.57. The molecule has 134 valence electrons. The first-order valence-corrected chi connectivity index (χ1v) is 10.3. The monoisotopic (exact) mass is 369 g/mol. The zero-order chi connectivity index (χ0) is 17.7. The van der Waals surface area contributed by atoms with Gasteiger partial charge in [0.1, 0.15) is 11.4 Å². The van der Waals surface area contributed by atoms with Crippen molar-refractivity contribution in [1.82, 2.24) is 15.1 Å². The van der Waals surface area contributed by atoms with E-state index in [1.54, 1.807) is 28.0 Å². The van der Waals surface area contributed by atoms with Crippen molar-refractivity contribution >= 4 is 34.9 Å². The third kappa shape index (κ3) is 4.97. The van der Waals surface area contributed by atoms with Gasteiger partial charge in [-0.25, -0.2) is 0 Å². The molecule has 2 heterocycles. The van der Waals surface area contributed by atoms with Gasteiger partial charge in [0.05, 0.1) is 5.75 Å². The largest absolute Gasteiger partial charge is 0.353 e. The van der Waals surface area contributed by atoms with Crippen LogP contribution in [0.25, 0.3) is 0 Å². The number of amides is 2. The van der Waals surface area contributed by atoms with E-state index in [0.29, 0.717) is 24.6 Å². The van der Waals surface area contributed by atoms with E-state index >= 15 is 0 Å². The van der Waals surface area contributed by atoms with E-state index in [1.807, 2.05) is 30.4 Å². The third-order valence-corrected chi connectivity index (χ3v) is 5.86. The highest BCUT2D eigenvalue weighted by atomic mass is 32.2. The number of likely N-dealkylation sites (N-methyl/N-ethyl adjacent to an activating group) is 1. The minimum absolute atomic E-state index is 0.0402. The van der Waals surface area contributed by atoms with Crippen molar-refractivity contribution in [3.8, 4) is 0 Å². The lowest BCUT2D eigenvalue weighted by atomic mass is 10.0. The molecule has 0 saturated carbocycles. The number of carbonyl (C=O) groups excluding carboxylic acids is 2. The second kappa shape index (κ2) is 8.87. The molecule has 0 aromatic carbocycles. The first-order chi connectivity index (χ1) is 11.4. The van der Waals surface area contributed by atoms with Crippen molar-refractivity contribution in [1.29, 1.82) is 0 Å². The van der Waals surface area contributed by atoms with Gasteiger partial charge in [0, 0.05) is 13.1 Å². The molecule has 1 saturated heterocycles. The minimum Gasteiger partial charge on any atom is -0.353 e. The highest BCUT2D eigenvalue weighted by Gasteiger charge is 2.41. The predicted molar refractivity (Wildman–Crippen MR) is 101 cm³/mol. The Morgan fingerprint density at radius 3 is 2.79 bits per heavy atom. The molecule has 0 spiro atoms. The van der Waals surface area contributed by atoms with E-state index in [-0.39, 0.29) is 17.2 Å². The summed E-state index contributed by atoms with van der Waals surface area (Å²) >= 11 is 3.24. The Balaban J connectivity index is 2.15. The van der Waals surface area contributed by atoms with Crippen molar-refractivity contribution in [3.05, 3.63) is 22.4 Å². The molecule has 1 aromatic rings. The van der Waals surface area contributed by atoms with E-state index in [4.69, 9.17) is 0 Å². The molecule has 2 rings (SSSR count). The van der Waals surface area contributed by atoms with Gasteiger partial charge in [-0.05, 0) is 48.8 Å². The first-order valence-electron chi connectivity index (χ1n) is 8.27. The summed E-state index contributed by atoms with van der Waals surface area (Å²) in [7, 11) is 3.95. The lowest BCUT2D eigenvalue weighted by molar-refractivity contribution is -0.139. The summed E-state index contributed by atoms with van der Waals surface area (Å²) in [6, 6.07) is 1.64. The van der Waals surface area contributed by atoms with Crippen LogP contribution in [-0.4, -0.2) is 60.6 Å². The Kier molecular flexibility index (Phi) is 7.13. The second-order valence-corrected chi connectivity index (χ2v) is 8.61. The molecule has 5 nitrogen and oxygen atoms in total. The molecule has 0 aliphatic carbocycles. The average molecular weight is 370 g/mol. The molecule has 0 bridgehead atoms. The summed E-state index contributed by atoms with van der Waals surface area (Å²) in [6.07, 6.45) is 0.681.